The van der Waals surface area contributed by atoms with Crippen LogP contribution >= 0.6 is 0 Å². The van der Waals surface area contributed by atoms with Gasteiger partial charge in [-0.05, 0) is 29.8 Å². The zero-order valence-electron chi connectivity index (χ0n) is 10.7. The van der Waals surface area contributed by atoms with Crippen molar-refractivity contribution < 1.29 is 9.84 Å². The fourth-order valence-corrected chi connectivity index (χ4v) is 1.63. The van der Waals surface area contributed by atoms with Crippen LogP contribution in [0, 0.1) is 0 Å². The first kappa shape index (κ1) is 13.0. The third kappa shape index (κ3) is 3.74. The number of nitrogens with one attached hydrogen (secondary N) is 1. The van der Waals surface area contributed by atoms with Crippen LogP contribution in [0.2, 0.25) is 0 Å². The Morgan fingerprint density at radius 1 is 1.21 bits per heavy atom. The molecule has 0 spiro atoms. The highest BCUT2D eigenvalue weighted by atomic mass is 16.5. The molecule has 0 saturated heterocycles. The molecule has 0 saturated carbocycles. The van der Waals surface area contributed by atoms with Gasteiger partial charge in [0.05, 0.1) is 12.8 Å². The van der Waals surface area contributed by atoms with Gasteiger partial charge < -0.3 is 9.84 Å². The number of rotatable bonds is 5. The van der Waals surface area contributed by atoms with E-state index in [0.717, 1.165) is 11.3 Å². The SMILES string of the molecule is COc1cc(C/C=N/Nc2ccccc2)ccc1O. The first-order chi connectivity index (χ1) is 9.29. The molecule has 0 fully saturated rings. The van der Waals surface area contributed by atoms with Gasteiger partial charge in [-0.25, -0.2) is 0 Å². The van der Waals surface area contributed by atoms with E-state index in [1.807, 2.05) is 36.4 Å². The molecule has 19 heavy (non-hydrogen) atoms. The summed E-state index contributed by atoms with van der Waals surface area (Å²) in [5, 5.41) is 13.6. The molecule has 4 heteroatoms. The lowest BCUT2D eigenvalue weighted by atomic mass is 10.1. The summed E-state index contributed by atoms with van der Waals surface area (Å²) in [6.07, 6.45) is 2.44. The second-order valence-electron chi connectivity index (χ2n) is 4.00. The Morgan fingerprint density at radius 2 is 2.00 bits per heavy atom. The quantitative estimate of drug-likeness (QED) is 0.638. The van der Waals surface area contributed by atoms with E-state index >= 15 is 0 Å². The molecule has 0 aromatic heterocycles. The zero-order valence-corrected chi connectivity index (χ0v) is 10.7. The van der Waals surface area contributed by atoms with E-state index in [1.165, 1.54) is 7.11 Å². The minimum atomic E-state index is 0.144. The maximum atomic E-state index is 9.48. The average Bonchev–Trinajstić information content (AvgIpc) is 2.46. The number of para-hydroxylation sites is 1. The molecule has 2 aromatic carbocycles. The topological polar surface area (TPSA) is 53.8 Å². The molecule has 0 radical (unpaired) electrons. The molecule has 0 heterocycles. The van der Waals surface area contributed by atoms with E-state index in [1.54, 1.807) is 18.3 Å². The maximum absolute atomic E-state index is 9.48. The molecule has 0 amide bonds. The number of anilines is 1. The number of nitrogens with zero attached hydrogens (tertiary/aromatic N) is 1. The third-order valence-electron chi connectivity index (χ3n) is 2.63. The normalized spacial score (nSPS) is 10.6. The Hall–Kier alpha value is -2.49. The van der Waals surface area contributed by atoms with Crippen molar-refractivity contribution in [2.24, 2.45) is 5.10 Å². The molecular weight excluding hydrogens is 240 g/mol. The van der Waals surface area contributed by atoms with Crippen LogP contribution in [-0.2, 0) is 6.42 Å². The molecule has 4 nitrogen and oxygen atoms in total. The summed E-state index contributed by atoms with van der Waals surface area (Å²) in [7, 11) is 1.53. The van der Waals surface area contributed by atoms with E-state index in [0.29, 0.717) is 12.2 Å². The number of ether oxygens (including phenoxy) is 1. The third-order valence-corrected chi connectivity index (χ3v) is 2.63. The molecule has 0 bridgehead atoms. The van der Waals surface area contributed by atoms with Crippen molar-refractivity contribution in [3.63, 3.8) is 0 Å². The zero-order chi connectivity index (χ0) is 13.5. The van der Waals surface area contributed by atoms with Gasteiger partial charge in [-0.1, -0.05) is 24.3 Å². The van der Waals surface area contributed by atoms with E-state index in [-0.39, 0.29) is 5.75 Å². The average molecular weight is 256 g/mol. The molecule has 0 aliphatic rings. The fourth-order valence-electron chi connectivity index (χ4n) is 1.63. The molecule has 2 N–H and O–H groups in total. The number of phenolic OH excluding ortho intramolecular Hbond substituents is 1. The standard InChI is InChI=1S/C15H16N2O2/c1-19-15-11-12(7-8-14(15)18)9-10-16-17-13-5-3-2-4-6-13/h2-8,10-11,17-18H,9H2,1H3/b16-10+. The molecule has 0 atom stereocenters. The fraction of sp³-hybridized carbons (Fsp3) is 0.133. The Balaban J connectivity index is 1.92. The van der Waals surface area contributed by atoms with Crippen molar-refractivity contribution in [2.75, 3.05) is 12.5 Å². The van der Waals surface area contributed by atoms with Gasteiger partial charge in [0.15, 0.2) is 11.5 Å². The highest BCUT2D eigenvalue weighted by Crippen LogP contribution is 2.26. The van der Waals surface area contributed by atoms with Crippen molar-refractivity contribution in [1.29, 1.82) is 0 Å². The minimum absolute atomic E-state index is 0.144. The van der Waals surface area contributed by atoms with Crippen molar-refractivity contribution in [2.45, 2.75) is 6.42 Å². The number of benzene rings is 2. The molecule has 2 rings (SSSR count). The Bertz CT molecular complexity index is 553. The van der Waals surface area contributed by atoms with Crippen molar-refractivity contribution in [3.8, 4) is 11.5 Å². The molecule has 98 valence electrons. The lowest BCUT2D eigenvalue weighted by Gasteiger charge is -2.04. The first-order valence-corrected chi connectivity index (χ1v) is 5.98. The second-order valence-corrected chi connectivity index (χ2v) is 4.00. The van der Waals surface area contributed by atoms with Gasteiger partial charge in [0.25, 0.3) is 0 Å². The Morgan fingerprint density at radius 3 is 2.74 bits per heavy atom. The molecular formula is C15H16N2O2. The number of methoxy groups -OCH3 is 1. The number of hydrogen-bond donors (Lipinski definition) is 2. The van der Waals surface area contributed by atoms with E-state index in [9.17, 15) is 5.11 Å². The summed E-state index contributed by atoms with van der Waals surface area (Å²) in [4.78, 5) is 0. The smallest absolute Gasteiger partial charge is 0.160 e. The highest BCUT2D eigenvalue weighted by Gasteiger charge is 2.01. The summed E-state index contributed by atoms with van der Waals surface area (Å²) in [5.74, 6) is 0.618. The van der Waals surface area contributed by atoms with Crippen molar-refractivity contribution in [3.05, 3.63) is 54.1 Å². The largest absolute Gasteiger partial charge is 0.504 e. The number of hydrazone groups is 1. The van der Waals surface area contributed by atoms with Crippen LogP contribution in [0.5, 0.6) is 11.5 Å². The van der Waals surface area contributed by atoms with Crippen LogP contribution in [0.4, 0.5) is 5.69 Å². The van der Waals surface area contributed by atoms with Crippen LogP contribution in [0.25, 0.3) is 0 Å². The predicted molar refractivity (Wildman–Crippen MR) is 76.9 cm³/mol. The lowest BCUT2D eigenvalue weighted by molar-refractivity contribution is 0.373. The number of aromatic hydroxyl groups is 1. The van der Waals surface area contributed by atoms with Gasteiger partial charge in [-0.2, -0.15) is 5.10 Å². The van der Waals surface area contributed by atoms with Gasteiger partial charge >= 0.3 is 0 Å². The maximum Gasteiger partial charge on any atom is 0.160 e. The van der Waals surface area contributed by atoms with Gasteiger partial charge in [0.1, 0.15) is 0 Å². The number of phenols is 1. The van der Waals surface area contributed by atoms with Crippen LogP contribution < -0.4 is 10.2 Å². The first-order valence-electron chi connectivity index (χ1n) is 5.98. The van der Waals surface area contributed by atoms with Gasteiger partial charge in [0.2, 0.25) is 0 Å². The summed E-state index contributed by atoms with van der Waals surface area (Å²) in [6, 6.07) is 15.0. The van der Waals surface area contributed by atoms with Gasteiger partial charge in [-0.15, -0.1) is 0 Å². The summed E-state index contributed by atoms with van der Waals surface area (Å²) in [5.41, 5.74) is 4.91. The highest BCUT2D eigenvalue weighted by molar-refractivity contribution is 5.64. The van der Waals surface area contributed by atoms with Gasteiger partial charge in [-0.3, -0.25) is 5.43 Å². The predicted octanol–water partition coefficient (Wildman–Crippen LogP) is 3.04. The Kier molecular flexibility index (Phi) is 4.39. The summed E-state index contributed by atoms with van der Waals surface area (Å²) >= 11 is 0. The van der Waals surface area contributed by atoms with E-state index in [2.05, 4.69) is 10.5 Å². The monoisotopic (exact) mass is 256 g/mol. The van der Waals surface area contributed by atoms with E-state index in [4.69, 9.17) is 4.74 Å². The second kappa shape index (κ2) is 6.44. The van der Waals surface area contributed by atoms with Gasteiger partial charge in [0, 0.05) is 12.6 Å². The minimum Gasteiger partial charge on any atom is -0.504 e. The van der Waals surface area contributed by atoms with Crippen LogP contribution in [-0.4, -0.2) is 18.4 Å². The summed E-state index contributed by atoms with van der Waals surface area (Å²) < 4.78 is 5.05. The molecule has 2 aromatic rings. The van der Waals surface area contributed by atoms with E-state index < -0.39 is 0 Å². The Labute approximate surface area is 112 Å². The molecule has 0 unspecified atom stereocenters. The van der Waals surface area contributed by atoms with Crippen LogP contribution in [0.3, 0.4) is 0 Å². The lowest BCUT2D eigenvalue weighted by Crippen LogP contribution is -1.93. The summed E-state index contributed by atoms with van der Waals surface area (Å²) in [6.45, 7) is 0. The molecule has 0 aliphatic carbocycles. The number of hydrogen-bond acceptors (Lipinski definition) is 4. The van der Waals surface area contributed by atoms with Crippen LogP contribution in [0.1, 0.15) is 5.56 Å². The van der Waals surface area contributed by atoms with Crippen molar-refractivity contribution >= 4 is 11.9 Å². The molecule has 0 aliphatic heterocycles. The van der Waals surface area contributed by atoms with Crippen LogP contribution in [0.15, 0.2) is 53.6 Å². The van der Waals surface area contributed by atoms with Crippen molar-refractivity contribution in [1.82, 2.24) is 0 Å².